The van der Waals surface area contributed by atoms with Gasteiger partial charge in [0.1, 0.15) is 0 Å². The third-order valence-corrected chi connectivity index (χ3v) is 2.76. The van der Waals surface area contributed by atoms with Crippen molar-refractivity contribution in [3.63, 3.8) is 0 Å². The molecule has 1 aliphatic heterocycles. The van der Waals surface area contributed by atoms with Crippen LogP contribution in [0.25, 0.3) is 0 Å². The van der Waals surface area contributed by atoms with E-state index >= 15 is 0 Å². The van der Waals surface area contributed by atoms with Crippen LogP contribution in [0.4, 0.5) is 5.82 Å². The number of carbonyl (C=O) groups excluding carboxylic acids is 1. The quantitative estimate of drug-likeness (QED) is 0.727. The maximum Gasteiger partial charge on any atom is 0.269 e. The molecule has 2 atom stereocenters. The molecule has 1 fully saturated rings. The van der Waals surface area contributed by atoms with Gasteiger partial charge in [0.15, 0.2) is 11.5 Å². The summed E-state index contributed by atoms with van der Waals surface area (Å²) in [5, 5.41) is 16.9. The van der Waals surface area contributed by atoms with Gasteiger partial charge in [-0.3, -0.25) is 4.79 Å². The van der Waals surface area contributed by atoms with Crippen molar-refractivity contribution in [2.45, 2.75) is 19.1 Å². The fourth-order valence-electron chi connectivity index (χ4n) is 1.96. The van der Waals surface area contributed by atoms with E-state index in [0.717, 1.165) is 0 Å². The van der Waals surface area contributed by atoms with E-state index in [1.54, 1.807) is 12.1 Å². The third kappa shape index (κ3) is 2.74. The molecule has 98 valence electrons. The topological polar surface area (TPSA) is 102 Å². The molecule has 1 aliphatic rings. The lowest BCUT2D eigenvalue weighted by atomic mass is 10.2. The van der Waals surface area contributed by atoms with Crippen LogP contribution in [-0.2, 0) is 4.74 Å². The maximum absolute atomic E-state index is 10.9. The van der Waals surface area contributed by atoms with Gasteiger partial charge in [0, 0.05) is 13.1 Å². The van der Waals surface area contributed by atoms with Gasteiger partial charge in [-0.1, -0.05) is 0 Å². The first-order chi connectivity index (χ1) is 8.60. The zero-order valence-corrected chi connectivity index (χ0v) is 10.1. The standard InChI is InChI=1S/C11H16N4O3/c1-7-4-15(5-8(6-16)18-7)10-3-2-9(11(12)17)13-14-10/h2-3,7-8,16H,4-6H2,1H3,(H2,12,17). The Morgan fingerprint density at radius 1 is 1.56 bits per heavy atom. The van der Waals surface area contributed by atoms with Gasteiger partial charge in [0.05, 0.1) is 18.8 Å². The lowest BCUT2D eigenvalue weighted by Gasteiger charge is -2.36. The van der Waals surface area contributed by atoms with Crippen LogP contribution in [0.3, 0.4) is 0 Å². The van der Waals surface area contributed by atoms with Gasteiger partial charge in [-0.25, -0.2) is 0 Å². The number of morpholine rings is 1. The van der Waals surface area contributed by atoms with Gasteiger partial charge in [0.2, 0.25) is 0 Å². The van der Waals surface area contributed by atoms with Crippen molar-refractivity contribution in [3.05, 3.63) is 17.8 Å². The first-order valence-electron chi connectivity index (χ1n) is 5.75. The second-order valence-corrected chi connectivity index (χ2v) is 4.30. The Morgan fingerprint density at radius 2 is 2.33 bits per heavy atom. The minimum absolute atomic E-state index is 0.00789. The molecule has 0 saturated carbocycles. The molecule has 0 aromatic carbocycles. The first kappa shape index (κ1) is 12.7. The van der Waals surface area contributed by atoms with Crippen LogP contribution in [0.2, 0.25) is 0 Å². The second-order valence-electron chi connectivity index (χ2n) is 4.30. The predicted molar refractivity (Wildman–Crippen MR) is 64.2 cm³/mol. The van der Waals surface area contributed by atoms with Gasteiger partial charge in [-0.2, -0.15) is 0 Å². The summed E-state index contributed by atoms with van der Waals surface area (Å²) in [5.74, 6) is 0.0474. The average Bonchev–Trinajstić information content (AvgIpc) is 2.38. The molecule has 18 heavy (non-hydrogen) atoms. The zero-order valence-electron chi connectivity index (χ0n) is 10.1. The van der Waals surface area contributed by atoms with E-state index in [1.165, 1.54) is 0 Å². The largest absolute Gasteiger partial charge is 0.394 e. The molecule has 2 heterocycles. The van der Waals surface area contributed by atoms with E-state index in [9.17, 15) is 4.79 Å². The SMILES string of the molecule is CC1CN(c2ccc(C(N)=O)nn2)CC(CO)O1. The lowest BCUT2D eigenvalue weighted by molar-refractivity contribution is -0.0423. The van der Waals surface area contributed by atoms with Crippen molar-refractivity contribution in [2.75, 3.05) is 24.6 Å². The van der Waals surface area contributed by atoms with E-state index < -0.39 is 5.91 Å². The van der Waals surface area contributed by atoms with Crippen molar-refractivity contribution in [2.24, 2.45) is 5.73 Å². The van der Waals surface area contributed by atoms with Gasteiger partial charge in [-0.05, 0) is 19.1 Å². The Labute approximate surface area is 105 Å². The number of rotatable bonds is 3. The highest BCUT2D eigenvalue weighted by atomic mass is 16.5. The number of ether oxygens (including phenoxy) is 1. The smallest absolute Gasteiger partial charge is 0.269 e. The number of primary amides is 1. The molecule has 1 aromatic rings. The van der Waals surface area contributed by atoms with Crippen molar-refractivity contribution < 1.29 is 14.6 Å². The number of hydrogen-bond acceptors (Lipinski definition) is 6. The molecule has 0 aliphatic carbocycles. The van der Waals surface area contributed by atoms with E-state index in [4.69, 9.17) is 15.6 Å². The minimum Gasteiger partial charge on any atom is -0.394 e. The molecule has 1 amide bonds. The molecule has 0 spiro atoms. The van der Waals surface area contributed by atoms with E-state index in [-0.39, 0.29) is 24.5 Å². The maximum atomic E-state index is 10.9. The lowest BCUT2D eigenvalue weighted by Crippen LogP contribution is -2.48. The highest BCUT2D eigenvalue weighted by Crippen LogP contribution is 2.17. The third-order valence-electron chi connectivity index (χ3n) is 2.76. The molecule has 2 unspecified atom stereocenters. The molecule has 2 rings (SSSR count). The van der Waals surface area contributed by atoms with Crippen LogP contribution in [0.15, 0.2) is 12.1 Å². The fraction of sp³-hybridized carbons (Fsp3) is 0.545. The van der Waals surface area contributed by atoms with E-state index in [0.29, 0.717) is 18.9 Å². The summed E-state index contributed by atoms with van der Waals surface area (Å²) in [6, 6.07) is 3.23. The number of anilines is 1. The van der Waals surface area contributed by atoms with Crippen LogP contribution < -0.4 is 10.6 Å². The monoisotopic (exact) mass is 252 g/mol. The Balaban J connectivity index is 2.12. The van der Waals surface area contributed by atoms with Crippen LogP contribution in [0.1, 0.15) is 17.4 Å². The Bertz CT molecular complexity index is 423. The average molecular weight is 252 g/mol. The van der Waals surface area contributed by atoms with Crippen LogP contribution in [-0.4, -0.2) is 53.1 Å². The molecule has 7 heteroatoms. The minimum atomic E-state index is -0.599. The number of aromatic nitrogens is 2. The van der Waals surface area contributed by atoms with Crippen molar-refractivity contribution in [1.29, 1.82) is 0 Å². The number of nitrogens with two attached hydrogens (primary N) is 1. The Hall–Kier alpha value is -1.73. The van der Waals surface area contributed by atoms with Crippen molar-refractivity contribution in [3.8, 4) is 0 Å². The predicted octanol–water partition coefficient (Wildman–Crippen LogP) is -0.838. The van der Waals surface area contributed by atoms with Crippen LogP contribution in [0, 0.1) is 0 Å². The highest BCUT2D eigenvalue weighted by Gasteiger charge is 2.25. The molecule has 1 aromatic heterocycles. The molecular weight excluding hydrogens is 236 g/mol. The van der Waals surface area contributed by atoms with Crippen LogP contribution >= 0.6 is 0 Å². The number of hydrogen-bond donors (Lipinski definition) is 2. The molecule has 0 bridgehead atoms. The second kappa shape index (κ2) is 5.28. The Kier molecular flexibility index (Phi) is 3.73. The summed E-state index contributed by atoms with van der Waals surface area (Å²) in [7, 11) is 0. The van der Waals surface area contributed by atoms with Crippen molar-refractivity contribution >= 4 is 11.7 Å². The number of nitrogens with zero attached hydrogens (tertiary/aromatic N) is 3. The van der Waals surface area contributed by atoms with Gasteiger partial charge < -0.3 is 20.5 Å². The summed E-state index contributed by atoms with van der Waals surface area (Å²) in [5.41, 5.74) is 5.24. The van der Waals surface area contributed by atoms with Crippen molar-refractivity contribution in [1.82, 2.24) is 10.2 Å². The van der Waals surface area contributed by atoms with Crippen LogP contribution in [0.5, 0.6) is 0 Å². The summed E-state index contributed by atoms with van der Waals surface area (Å²) >= 11 is 0. The summed E-state index contributed by atoms with van der Waals surface area (Å²) in [4.78, 5) is 12.9. The number of aliphatic hydroxyl groups is 1. The number of aliphatic hydroxyl groups excluding tert-OH is 1. The first-order valence-corrected chi connectivity index (χ1v) is 5.75. The summed E-state index contributed by atoms with van der Waals surface area (Å²) < 4.78 is 5.54. The summed E-state index contributed by atoms with van der Waals surface area (Å²) in [6.07, 6.45) is -0.222. The summed E-state index contributed by atoms with van der Waals surface area (Å²) in [6.45, 7) is 3.11. The molecular formula is C11H16N4O3. The Morgan fingerprint density at radius 3 is 2.89 bits per heavy atom. The molecule has 3 N–H and O–H groups in total. The van der Waals surface area contributed by atoms with Gasteiger partial charge >= 0.3 is 0 Å². The normalized spacial score (nSPS) is 24.0. The van der Waals surface area contributed by atoms with Gasteiger partial charge in [0.25, 0.3) is 5.91 Å². The molecule has 7 nitrogen and oxygen atoms in total. The highest BCUT2D eigenvalue weighted by molar-refractivity contribution is 5.90. The molecule has 1 saturated heterocycles. The molecule has 0 radical (unpaired) electrons. The number of amides is 1. The zero-order chi connectivity index (χ0) is 13.1. The number of carbonyl (C=O) groups is 1. The van der Waals surface area contributed by atoms with Gasteiger partial charge in [-0.15, -0.1) is 10.2 Å². The van der Waals surface area contributed by atoms with E-state index in [2.05, 4.69) is 10.2 Å². The van der Waals surface area contributed by atoms with E-state index in [1.807, 2.05) is 11.8 Å². The fourth-order valence-corrected chi connectivity index (χ4v) is 1.96.